The second kappa shape index (κ2) is 7.24. The third kappa shape index (κ3) is 3.57. The molecule has 0 spiro atoms. The third-order valence-electron chi connectivity index (χ3n) is 4.78. The van der Waals surface area contributed by atoms with Crippen LogP contribution < -0.4 is 10.6 Å². The van der Waals surface area contributed by atoms with E-state index in [-0.39, 0.29) is 17.9 Å². The number of benzene rings is 1. The number of nitrogens with zero attached hydrogens (tertiary/aromatic N) is 1. The first-order valence-electron chi connectivity index (χ1n) is 9.17. The summed E-state index contributed by atoms with van der Waals surface area (Å²) in [5, 5.41) is 12.2. The van der Waals surface area contributed by atoms with Crippen LogP contribution in [0, 0.1) is 20.8 Å². The zero-order chi connectivity index (χ0) is 19.8. The molecule has 7 heteroatoms. The van der Waals surface area contributed by atoms with Crippen LogP contribution in [0.25, 0.3) is 11.1 Å². The average molecular weight is 395 g/mol. The van der Waals surface area contributed by atoms with Gasteiger partial charge in [0.1, 0.15) is 16.3 Å². The number of amides is 2. The van der Waals surface area contributed by atoms with Gasteiger partial charge in [-0.25, -0.2) is 0 Å². The van der Waals surface area contributed by atoms with Crippen molar-refractivity contribution in [3.05, 3.63) is 57.8 Å². The molecule has 28 heavy (non-hydrogen) atoms. The van der Waals surface area contributed by atoms with Crippen molar-refractivity contribution in [2.75, 3.05) is 5.32 Å². The lowest BCUT2D eigenvalue weighted by Gasteiger charge is -2.10. The first-order valence-corrected chi connectivity index (χ1v) is 10.1. The molecule has 3 aromatic rings. The summed E-state index contributed by atoms with van der Waals surface area (Å²) in [7, 11) is 0. The number of anilines is 1. The van der Waals surface area contributed by atoms with Gasteiger partial charge in [-0.1, -0.05) is 35.0 Å². The van der Waals surface area contributed by atoms with Gasteiger partial charge in [0.05, 0.1) is 11.3 Å². The van der Waals surface area contributed by atoms with E-state index < -0.39 is 0 Å². The van der Waals surface area contributed by atoms with Gasteiger partial charge < -0.3 is 15.2 Å². The number of aryl methyl sites for hydroxylation is 3. The van der Waals surface area contributed by atoms with Gasteiger partial charge in [0, 0.05) is 17.0 Å². The summed E-state index contributed by atoms with van der Waals surface area (Å²) < 4.78 is 5.09. The minimum Gasteiger partial charge on any atom is -0.361 e. The molecular formula is C21H21N3O3S. The second-order valence-corrected chi connectivity index (χ2v) is 8.00. The van der Waals surface area contributed by atoms with Crippen LogP contribution in [0.1, 0.15) is 50.6 Å². The second-order valence-electron chi connectivity index (χ2n) is 7.12. The van der Waals surface area contributed by atoms with Gasteiger partial charge in [-0.3, -0.25) is 9.59 Å². The number of hydrogen-bond acceptors (Lipinski definition) is 5. The molecule has 0 radical (unpaired) electrons. The Kier molecular flexibility index (Phi) is 4.77. The van der Waals surface area contributed by atoms with Crippen LogP contribution in [0.2, 0.25) is 0 Å². The number of thiophene rings is 1. The first kappa shape index (κ1) is 18.4. The predicted molar refractivity (Wildman–Crippen MR) is 109 cm³/mol. The maximum atomic E-state index is 13.0. The highest BCUT2D eigenvalue weighted by molar-refractivity contribution is 7.15. The van der Waals surface area contributed by atoms with E-state index in [2.05, 4.69) is 15.8 Å². The van der Waals surface area contributed by atoms with E-state index in [4.69, 9.17) is 4.52 Å². The Morgan fingerprint density at radius 1 is 1.07 bits per heavy atom. The summed E-state index contributed by atoms with van der Waals surface area (Å²) >= 11 is 1.34. The van der Waals surface area contributed by atoms with Gasteiger partial charge in [0.15, 0.2) is 0 Å². The quantitative estimate of drug-likeness (QED) is 0.667. The highest BCUT2D eigenvalue weighted by Crippen LogP contribution is 2.37. The smallest absolute Gasteiger partial charge is 0.261 e. The normalized spacial score (nSPS) is 13.4. The molecule has 0 atom stereocenters. The maximum absolute atomic E-state index is 13.0. The molecule has 1 aliphatic carbocycles. The van der Waals surface area contributed by atoms with E-state index in [0.29, 0.717) is 27.6 Å². The van der Waals surface area contributed by atoms with E-state index in [0.717, 1.165) is 29.5 Å². The molecule has 2 heterocycles. The molecule has 144 valence electrons. The molecule has 4 rings (SSSR count). The number of nitrogens with one attached hydrogen (secondary N) is 2. The number of carbonyl (C=O) groups excluding carboxylic acids is 2. The SMILES string of the molecule is Cc1ccc(-c2csc(NC(=O)c3c(C)noc3C)c2C(=O)NC2CC2)cc1. The standard InChI is InChI=1S/C21H21N3O3S/c1-11-4-6-14(7-5-11)16-10-28-21(18(16)20(26)22-15-8-9-15)23-19(25)17-12(2)24-27-13(17)3/h4-7,10,15H,8-9H2,1-3H3,(H,22,26)(H,23,25). The zero-order valence-electron chi connectivity index (χ0n) is 16.0. The lowest BCUT2D eigenvalue weighted by atomic mass is 10.0. The fourth-order valence-electron chi connectivity index (χ4n) is 3.08. The van der Waals surface area contributed by atoms with Crippen molar-refractivity contribution in [2.45, 2.75) is 39.7 Å². The summed E-state index contributed by atoms with van der Waals surface area (Å²) in [6.07, 6.45) is 1.99. The summed E-state index contributed by atoms with van der Waals surface area (Å²) in [6, 6.07) is 8.23. The molecule has 0 saturated heterocycles. The van der Waals surface area contributed by atoms with Crippen LogP contribution in [0.5, 0.6) is 0 Å². The third-order valence-corrected chi connectivity index (χ3v) is 5.68. The Balaban J connectivity index is 1.71. The zero-order valence-corrected chi connectivity index (χ0v) is 16.8. The summed E-state index contributed by atoms with van der Waals surface area (Å²) in [5.74, 6) is -0.0308. The Morgan fingerprint density at radius 2 is 1.79 bits per heavy atom. The summed E-state index contributed by atoms with van der Waals surface area (Å²) in [4.78, 5) is 25.7. The van der Waals surface area contributed by atoms with Gasteiger partial charge >= 0.3 is 0 Å². The van der Waals surface area contributed by atoms with Gasteiger partial charge in [0.2, 0.25) is 0 Å². The number of carbonyl (C=O) groups is 2. The fraction of sp³-hybridized carbons (Fsp3) is 0.286. The number of aromatic nitrogens is 1. The molecule has 1 aliphatic rings. The summed E-state index contributed by atoms with van der Waals surface area (Å²) in [5.41, 5.74) is 4.33. The highest BCUT2D eigenvalue weighted by atomic mass is 32.1. The maximum Gasteiger partial charge on any atom is 0.261 e. The molecule has 0 aliphatic heterocycles. The predicted octanol–water partition coefficient (Wildman–Crippen LogP) is 4.47. The molecule has 2 N–H and O–H groups in total. The van der Waals surface area contributed by atoms with Crippen LogP contribution >= 0.6 is 11.3 Å². The van der Waals surface area contributed by atoms with Crippen LogP contribution in [0.15, 0.2) is 34.2 Å². The highest BCUT2D eigenvalue weighted by Gasteiger charge is 2.29. The number of hydrogen-bond donors (Lipinski definition) is 2. The van der Waals surface area contributed by atoms with E-state index in [1.807, 2.05) is 36.6 Å². The lowest BCUT2D eigenvalue weighted by Crippen LogP contribution is -2.26. The van der Waals surface area contributed by atoms with E-state index >= 15 is 0 Å². The molecule has 2 amide bonds. The minimum atomic E-state index is -0.325. The molecule has 6 nitrogen and oxygen atoms in total. The van der Waals surface area contributed by atoms with Gasteiger partial charge in [0.25, 0.3) is 11.8 Å². The molecule has 0 unspecified atom stereocenters. The molecule has 1 saturated carbocycles. The van der Waals surface area contributed by atoms with Crippen molar-refractivity contribution in [2.24, 2.45) is 0 Å². The van der Waals surface area contributed by atoms with E-state index in [9.17, 15) is 9.59 Å². The van der Waals surface area contributed by atoms with Gasteiger partial charge in [-0.05, 0) is 39.2 Å². The number of rotatable bonds is 5. The van der Waals surface area contributed by atoms with E-state index in [1.54, 1.807) is 13.8 Å². The van der Waals surface area contributed by atoms with Gasteiger partial charge in [-0.2, -0.15) is 0 Å². The van der Waals surface area contributed by atoms with Crippen LogP contribution in [-0.2, 0) is 0 Å². The monoisotopic (exact) mass is 395 g/mol. The molecule has 1 fully saturated rings. The topological polar surface area (TPSA) is 84.2 Å². The van der Waals surface area contributed by atoms with Crippen molar-refractivity contribution in [3.63, 3.8) is 0 Å². The largest absolute Gasteiger partial charge is 0.361 e. The minimum absolute atomic E-state index is 0.159. The lowest BCUT2D eigenvalue weighted by molar-refractivity contribution is 0.0953. The summed E-state index contributed by atoms with van der Waals surface area (Å²) in [6.45, 7) is 5.44. The van der Waals surface area contributed by atoms with Crippen molar-refractivity contribution in [3.8, 4) is 11.1 Å². The van der Waals surface area contributed by atoms with Crippen molar-refractivity contribution >= 4 is 28.2 Å². The van der Waals surface area contributed by atoms with Crippen molar-refractivity contribution in [1.82, 2.24) is 10.5 Å². The van der Waals surface area contributed by atoms with Crippen LogP contribution in [0.3, 0.4) is 0 Å². The Hall–Kier alpha value is -2.93. The molecule has 0 bridgehead atoms. The molecule has 2 aromatic heterocycles. The Morgan fingerprint density at radius 3 is 2.39 bits per heavy atom. The van der Waals surface area contributed by atoms with Crippen LogP contribution in [0.4, 0.5) is 5.00 Å². The first-order chi connectivity index (χ1) is 13.4. The van der Waals surface area contributed by atoms with E-state index in [1.165, 1.54) is 11.3 Å². The van der Waals surface area contributed by atoms with Crippen LogP contribution in [-0.4, -0.2) is 23.0 Å². The average Bonchev–Trinajstić information content (AvgIpc) is 3.27. The fourth-order valence-corrected chi connectivity index (χ4v) is 4.04. The molecular weight excluding hydrogens is 374 g/mol. The van der Waals surface area contributed by atoms with Crippen molar-refractivity contribution < 1.29 is 14.1 Å². The van der Waals surface area contributed by atoms with Crippen molar-refractivity contribution in [1.29, 1.82) is 0 Å². The Bertz CT molecular complexity index is 1030. The molecule has 1 aromatic carbocycles. The Labute approximate surface area is 166 Å². The van der Waals surface area contributed by atoms with Gasteiger partial charge in [-0.15, -0.1) is 11.3 Å².